The number of aromatic nitrogens is 1. The van der Waals surface area contributed by atoms with Crippen molar-refractivity contribution in [1.82, 2.24) is 9.88 Å². The number of carbonyl (C=O) groups excluding carboxylic acids is 1. The highest BCUT2D eigenvalue weighted by Gasteiger charge is 2.48. The molecule has 1 amide bonds. The number of H-pyrrole nitrogens is 1. The van der Waals surface area contributed by atoms with Gasteiger partial charge in [-0.15, -0.1) is 0 Å². The fourth-order valence-corrected chi connectivity index (χ4v) is 5.37. The highest BCUT2D eigenvalue weighted by molar-refractivity contribution is 5.88. The second kappa shape index (κ2) is 5.95. The van der Waals surface area contributed by atoms with Gasteiger partial charge in [-0.2, -0.15) is 0 Å². The number of hydrogen-bond acceptors (Lipinski definition) is 1. The third-order valence-electron chi connectivity index (χ3n) is 6.45. The number of carbonyl (C=O) groups is 1. The van der Waals surface area contributed by atoms with Crippen molar-refractivity contribution in [3.8, 4) is 0 Å². The molecule has 138 valence electrons. The predicted octanol–water partition coefficient (Wildman–Crippen LogP) is 5.07. The fourth-order valence-electron chi connectivity index (χ4n) is 5.37. The summed E-state index contributed by atoms with van der Waals surface area (Å²) in [5.74, 6) is -0.227. The SMILES string of the molecule is CC(=O)N1CC2(CCCC2)c2c([nH]c3ccccc23)C1c1cccc(F)c1. The number of nitrogens with one attached hydrogen (secondary N) is 1. The predicted molar refractivity (Wildman–Crippen MR) is 104 cm³/mol. The molecule has 0 bridgehead atoms. The monoisotopic (exact) mass is 362 g/mol. The maximum Gasteiger partial charge on any atom is 0.220 e. The minimum Gasteiger partial charge on any atom is -0.356 e. The lowest BCUT2D eigenvalue weighted by atomic mass is 9.72. The molecular weight excluding hydrogens is 339 g/mol. The van der Waals surface area contributed by atoms with E-state index in [4.69, 9.17) is 0 Å². The normalized spacial score (nSPS) is 21.0. The van der Waals surface area contributed by atoms with Gasteiger partial charge in [0.1, 0.15) is 5.82 Å². The van der Waals surface area contributed by atoms with E-state index in [9.17, 15) is 9.18 Å². The van der Waals surface area contributed by atoms with Gasteiger partial charge in [-0.25, -0.2) is 4.39 Å². The first kappa shape index (κ1) is 16.5. The lowest BCUT2D eigenvalue weighted by molar-refractivity contribution is -0.132. The van der Waals surface area contributed by atoms with Gasteiger partial charge in [-0.1, -0.05) is 43.2 Å². The van der Waals surface area contributed by atoms with Gasteiger partial charge in [0.05, 0.1) is 6.04 Å². The van der Waals surface area contributed by atoms with Crippen LogP contribution in [-0.4, -0.2) is 22.3 Å². The van der Waals surface area contributed by atoms with Gasteiger partial charge < -0.3 is 9.88 Å². The van der Waals surface area contributed by atoms with Crippen molar-refractivity contribution in [2.24, 2.45) is 0 Å². The summed E-state index contributed by atoms with van der Waals surface area (Å²) in [7, 11) is 0. The minimum atomic E-state index is -0.271. The summed E-state index contributed by atoms with van der Waals surface area (Å²) in [4.78, 5) is 18.2. The van der Waals surface area contributed by atoms with Gasteiger partial charge in [0, 0.05) is 35.5 Å². The van der Waals surface area contributed by atoms with Crippen LogP contribution in [0.25, 0.3) is 10.9 Å². The number of fused-ring (bicyclic) bond motifs is 4. The van der Waals surface area contributed by atoms with Gasteiger partial charge in [-0.3, -0.25) is 4.79 Å². The third kappa shape index (κ3) is 2.43. The highest BCUT2D eigenvalue weighted by atomic mass is 19.1. The summed E-state index contributed by atoms with van der Waals surface area (Å²) in [5.41, 5.74) is 4.34. The highest BCUT2D eigenvalue weighted by Crippen LogP contribution is 2.52. The maximum atomic E-state index is 14.0. The Morgan fingerprint density at radius 2 is 1.93 bits per heavy atom. The van der Waals surface area contributed by atoms with Gasteiger partial charge in [0.15, 0.2) is 0 Å². The molecule has 3 aromatic rings. The first-order chi connectivity index (χ1) is 13.1. The number of amides is 1. The molecule has 1 unspecified atom stereocenters. The summed E-state index contributed by atoms with van der Waals surface area (Å²) in [6.45, 7) is 2.33. The Morgan fingerprint density at radius 3 is 2.67 bits per heavy atom. The summed E-state index contributed by atoms with van der Waals surface area (Å²) in [6.07, 6.45) is 4.58. The minimum absolute atomic E-state index is 0.00440. The molecule has 1 aromatic heterocycles. The number of hydrogen-bond donors (Lipinski definition) is 1. The van der Waals surface area contributed by atoms with E-state index in [1.807, 2.05) is 17.0 Å². The van der Waals surface area contributed by atoms with E-state index in [1.165, 1.54) is 29.9 Å². The van der Waals surface area contributed by atoms with E-state index in [0.717, 1.165) is 29.6 Å². The Labute approximate surface area is 158 Å². The Hall–Kier alpha value is -2.62. The molecule has 1 aliphatic heterocycles. The molecule has 2 aliphatic rings. The van der Waals surface area contributed by atoms with E-state index >= 15 is 0 Å². The molecule has 1 spiro atoms. The van der Waals surface area contributed by atoms with Crippen molar-refractivity contribution in [3.05, 3.63) is 71.2 Å². The summed E-state index contributed by atoms with van der Waals surface area (Å²) < 4.78 is 14.0. The molecule has 1 N–H and O–H groups in total. The summed E-state index contributed by atoms with van der Waals surface area (Å²) >= 11 is 0. The number of nitrogens with zero attached hydrogens (tertiary/aromatic N) is 1. The first-order valence-corrected chi connectivity index (χ1v) is 9.73. The van der Waals surface area contributed by atoms with Crippen molar-refractivity contribution in [1.29, 1.82) is 0 Å². The molecule has 2 aromatic carbocycles. The van der Waals surface area contributed by atoms with E-state index in [0.29, 0.717) is 6.54 Å². The molecule has 1 saturated carbocycles. The average molecular weight is 362 g/mol. The van der Waals surface area contributed by atoms with Crippen molar-refractivity contribution >= 4 is 16.8 Å². The smallest absolute Gasteiger partial charge is 0.220 e. The van der Waals surface area contributed by atoms with Crippen molar-refractivity contribution in [2.75, 3.05) is 6.54 Å². The lowest BCUT2D eigenvalue weighted by Crippen LogP contribution is -2.48. The zero-order chi connectivity index (χ0) is 18.6. The second-order valence-corrected chi connectivity index (χ2v) is 8.05. The van der Waals surface area contributed by atoms with Crippen LogP contribution in [0.2, 0.25) is 0 Å². The maximum absolute atomic E-state index is 14.0. The molecule has 0 saturated heterocycles. The molecule has 5 rings (SSSR count). The standard InChI is InChI=1S/C23H23FN2O/c1-15(27)26-14-23(11-4-5-12-23)20-18-9-2-3-10-19(18)25-21(20)22(26)16-7-6-8-17(24)13-16/h2-3,6-10,13,22,25H,4-5,11-12,14H2,1H3. The largest absolute Gasteiger partial charge is 0.356 e. The van der Waals surface area contributed by atoms with Crippen LogP contribution in [0, 0.1) is 5.82 Å². The Morgan fingerprint density at radius 1 is 1.15 bits per heavy atom. The van der Waals surface area contributed by atoms with Crippen LogP contribution in [-0.2, 0) is 10.2 Å². The van der Waals surface area contributed by atoms with Crippen LogP contribution >= 0.6 is 0 Å². The third-order valence-corrected chi connectivity index (χ3v) is 6.45. The molecular formula is C23H23FN2O. The lowest BCUT2D eigenvalue weighted by Gasteiger charge is -2.45. The Balaban J connectivity index is 1.81. The Kier molecular flexibility index (Phi) is 3.64. The number of benzene rings is 2. The van der Waals surface area contributed by atoms with E-state index in [1.54, 1.807) is 19.1 Å². The van der Waals surface area contributed by atoms with E-state index < -0.39 is 0 Å². The van der Waals surface area contributed by atoms with Crippen LogP contribution in [0.3, 0.4) is 0 Å². The molecule has 1 aliphatic carbocycles. The topological polar surface area (TPSA) is 36.1 Å². The molecule has 2 heterocycles. The van der Waals surface area contributed by atoms with Gasteiger partial charge in [0.2, 0.25) is 5.91 Å². The molecule has 1 atom stereocenters. The van der Waals surface area contributed by atoms with Crippen molar-refractivity contribution in [3.63, 3.8) is 0 Å². The summed E-state index contributed by atoms with van der Waals surface area (Å²) in [5, 5.41) is 1.25. The number of para-hydroxylation sites is 1. The molecule has 3 nitrogen and oxygen atoms in total. The van der Waals surface area contributed by atoms with Crippen molar-refractivity contribution < 1.29 is 9.18 Å². The fraction of sp³-hybridized carbons (Fsp3) is 0.348. The van der Waals surface area contributed by atoms with Gasteiger partial charge in [0.25, 0.3) is 0 Å². The molecule has 27 heavy (non-hydrogen) atoms. The van der Waals surface area contributed by atoms with E-state index in [-0.39, 0.29) is 23.2 Å². The van der Waals surface area contributed by atoms with Gasteiger partial charge in [-0.05, 0) is 42.2 Å². The van der Waals surface area contributed by atoms with Crippen LogP contribution in [0.1, 0.15) is 55.5 Å². The zero-order valence-electron chi connectivity index (χ0n) is 15.5. The molecule has 4 heteroatoms. The van der Waals surface area contributed by atoms with Crippen LogP contribution in [0.15, 0.2) is 48.5 Å². The molecule has 0 radical (unpaired) electrons. The van der Waals surface area contributed by atoms with Crippen LogP contribution in [0.4, 0.5) is 4.39 Å². The second-order valence-electron chi connectivity index (χ2n) is 8.05. The van der Waals surface area contributed by atoms with E-state index in [2.05, 4.69) is 23.2 Å². The number of rotatable bonds is 1. The molecule has 1 fully saturated rings. The zero-order valence-corrected chi connectivity index (χ0v) is 15.5. The quantitative estimate of drug-likeness (QED) is 0.644. The summed E-state index contributed by atoms with van der Waals surface area (Å²) in [6, 6.07) is 14.8. The first-order valence-electron chi connectivity index (χ1n) is 9.73. The Bertz CT molecular complexity index is 1030. The number of halogens is 1. The van der Waals surface area contributed by atoms with Crippen molar-refractivity contribution in [2.45, 2.75) is 44.1 Å². The average Bonchev–Trinajstić information content (AvgIpc) is 3.26. The number of aromatic amines is 1. The van der Waals surface area contributed by atoms with Gasteiger partial charge >= 0.3 is 0 Å². The van der Waals surface area contributed by atoms with Crippen LogP contribution < -0.4 is 0 Å². The van der Waals surface area contributed by atoms with Crippen LogP contribution in [0.5, 0.6) is 0 Å².